The first-order valence-corrected chi connectivity index (χ1v) is 9.04. The number of amides is 1. The van der Waals surface area contributed by atoms with Gasteiger partial charge in [-0.2, -0.15) is 0 Å². The van der Waals surface area contributed by atoms with E-state index in [0.29, 0.717) is 5.69 Å². The number of alkyl halides is 1. The van der Waals surface area contributed by atoms with E-state index in [1.54, 1.807) is 0 Å². The number of carbonyl (C=O) groups excluding carboxylic acids is 1. The van der Waals surface area contributed by atoms with E-state index in [0.717, 1.165) is 5.88 Å². The molecule has 0 fully saturated rings. The van der Waals surface area contributed by atoms with Gasteiger partial charge in [0.1, 0.15) is 0 Å². The van der Waals surface area contributed by atoms with Crippen LogP contribution in [0.15, 0.2) is 29.2 Å². The minimum atomic E-state index is -3.69. The summed E-state index contributed by atoms with van der Waals surface area (Å²) in [6.45, 7) is 3.54. The van der Waals surface area contributed by atoms with Gasteiger partial charge >= 0.3 is 0 Å². The molecule has 0 atom stereocenters. The van der Waals surface area contributed by atoms with Gasteiger partial charge in [-0.15, -0.1) is 11.6 Å². The van der Waals surface area contributed by atoms with Gasteiger partial charge in [-0.25, -0.2) is 8.42 Å². The third-order valence-corrected chi connectivity index (χ3v) is 3.83. The molecule has 1 rings (SSSR count). The number of nitrogens with one attached hydrogen (secondary N) is 1. The van der Waals surface area contributed by atoms with Gasteiger partial charge in [-0.05, 0) is 30.7 Å². The van der Waals surface area contributed by atoms with Crippen LogP contribution in [0.1, 0.15) is 33.1 Å². The molecule has 1 N–H and O–H groups in total. The maximum absolute atomic E-state index is 10.8. The van der Waals surface area contributed by atoms with Crippen molar-refractivity contribution in [2.75, 3.05) is 11.2 Å². The van der Waals surface area contributed by atoms with E-state index in [4.69, 9.17) is 22.3 Å². The van der Waals surface area contributed by atoms with Gasteiger partial charge < -0.3 is 5.32 Å². The van der Waals surface area contributed by atoms with E-state index in [1.165, 1.54) is 50.5 Å². The highest BCUT2D eigenvalue weighted by atomic mass is 35.7. The van der Waals surface area contributed by atoms with Crippen molar-refractivity contribution in [3.63, 3.8) is 0 Å². The predicted octanol–water partition coefficient (Wildman–Crippen LogP) is 3.99. The lowest BCUT2D eigenvalue weighted by Crippen LogP contribution is -2.05. The summed E-state index contributed by atoms with van der Waals surface area (Å²) in [5, 5.41) is 2.51. The number of carbonyl (C=O) groups is 1. The molecule has 0 radical (unpaired) electrons. The third-order valence-electron chi connectivity index (χ3n) is 2.19. The van der Waals surface area contributed by atoms with Crippen LogP contribution in [0, 0.1) is 0 Å². The van der Waals surface area contributed by atoms with E-state index in [2.05, 4.69) is 12.2 Å². The molecular formula is C13H19Cl2NO3S. The molecule has 0 aliphatic heterocycles. The van der Waals surface area contributed by atoms with E-state index >= 15 is 0 Å². The standard InChI is InChI=1S/C8H8ClNO3S.C5H11Cl/c1-6(11)10-7-2-4-8(5-3-7)14(9,12)13;1-2-3-4-5-6/h2-5H,1H3,(H,10,11);2-5H2,1H3. The fourth-order valence-electron chi connectivity index (χ4n) is 1.25. The molecule has 0 saturated heterocycles. The SMILES string of the molecule is CC(=O)Nc1ccc(S(=O)(=O)Cl)cc1.CCCCCCl. The molecule has 7 heteroatoms. The molecule has 0 heterocycles. The van der Waals surface area contributed by atoms with Gasteiger partial charge in [0, 0.05) is 29.2 Å². The molecule has 1 aromatic rings. The van der Waals surface area contributed by atoms with Crippen molar-refractivity contribution in [2.24, 2.45) is 0 Å². The average molecular weight is 340 g/mol. The lowest BCUT2D eigenvalue weighted by molar-refractivity contribution is -0.114. The molecule has 0 aliphatic rings. The zero-order valence-corrected chi connectivity index (χ0v) is 13.9. The molecule has 20 heavy (non-hydrogen) atoms. The second-order valence-corrected chi connectivity index (χ2v) is 6.98. The molecule has 4 nitrogen and oxygen atoms in total. The monoisotopic (exact) mass is 339 g/mol. The normalized spacial score (nSPS) is 10.4. The summed E-state index contributed by atoms with van der Waals surface area (Å²) < 4.78 is 21.7. The van der Waals surface area contributed by atoms with Crippen LogP contribution in [-0.4, -0.2) is 20.2 Å². The van der Waals surface area contributed by atoms with Crippen molar-refractivity contribution in [1.29, 1.82) is 0 Å². The summed E-state index contributed by atoms with van der Waals surface area (Å²) in [6.07, 6.45) is 3.73. The van der Waals surface area contributed by atoms with E-state index in [9.17, 15) is 13.2 Å². The van der Waals surface area contributed by atoms with Gasteiger partial charge in [0.2, 0.25) is 5.91 Å². The Kier molecular flexibility index (Phi) is 9.63. The lowest BCUT2D eigenvalue weighted by Gasteiger charge is -2.01. The molecule has 1 aromatic carbocycles. The van der Waals surface area contributed by atoms with Crippen LogP contribution in [0.25, 0.3) is 0 Å². The summed E-state index contributed by atoms with van der Waals surface area (Å²) >= 11 is 5.38. The van der Waals surface area contributed by atoms with Crippen LogP contribution in [0.2, 0.25) is 0 Å². The van der Waals surface area contributed by atoms with Crippen molar-refractivity contribution in [3.8, 4) is 0 Å². The summed E-state index contributed by atoms with van der Waals surface area (Å²) in [7, 11) is 1.41. The fourth-order valence-corrected chi connectivity index (χ4v) is 2.21. The quantitative estimate of drug-likeness (QED) is 0.501. The van der Waals surface area contributed by atoms with E-state index in [1.807, 2.05) is 0 Å². The summed E-state index contributed by atoms with van der Waals surface area (Å²) in [5.41, 5.74) is 0.529. The third kappa shape index (κ3) is 9.18. The highest BCUT2D eigenvalue weighted by molar-refractivity contribution is 8.13. The van der Waals surface area contributed by atoms with Crippen LogP contribution in [0.5, 0.6) is 0 Å². The number of rotatable bonds is 5. The maximum Gasteiger partial charge on any atom is 0.261 e. The van der Waals surface area contributed by atoms with Crippen molar-refractivity contribution >= 4 is 42.9 Å². The zero-order chi connectivity index (χ0) is 15.6. The van der Waals surface area contributed by atoms with E-state index < -0.39 is 9.05 Å². The fraction of sp³-hybridized carbons (Fsp3) is 0.462. The number of benzene rings is 1. The molecule has 0 aromatic heterocycles. The number of halogens is 2. The Bertz CT molecular complexity index is 497. The minimum Gasteiger partial charge on any atom is -0.326 e. The number of anilines is 1. The van der Waals surface area contributed by atoms with Gasteiger partial charge in [-0.3, -0.25) is 4.79 Å². The molecular weight excluding hydrogens is 321 g/mol. The van der Waals surface area contributed by atoms with Gasteiger partial charge in [0.25, 0.3) is 9.05 Å². The molecule has 0 spiro atoms. The number of unbranched alkanes of at least 4 members (excludes halogenated alkanes) is 2. The smallest absolute Gasteiger partial charge is 0.261 e. The Balaban J connectivity index is 0.000000511. The van der Waals surface area contributed by atoms with Crippen LogP contribution in [0.3, 0.4) is 0 Å². The molecule has 0 aliphatic carbocycles. The van der Waals surface area contributed by atoms with Crippen molar-refractivity contribution in [1.82, 2.24) is 0 Å². The first-order chi connectivity index (χ1) is 9.31. The van der Waals surface area contributed by atoms with Gasteiger partial charge in [0.15, 0.2) is 0 Å². The maximum atomic E-state index is 10.8. The minimum absolute atomic E-state index is 0.00766. The highest BCUT2D eigenvalue weighted by Gasteiger charge is 2.08. The van der Waals surface area contributed by atoms with Gasteiger partial charge in [-0.1, -0.05) is 19.8 Å². The molecule has 0 bridgehead atoms. The predicted molar refractivity (Wildman–Crippen MR) is 84.0 cm³/mol. The van der Waals surface area contributed by atoms with Crippen LogP contribution in [-0.2, 0) is 13.8 Å². The Labute approximate surface area is 129 Å². The number of hydrogen-bond donors (Lipinski definition) is 1. The molecule has 114 valence electrons. The number of hydrogen-bond acceptors (Lipinski definition) is 3. The topological polar surface area (TPSA) is 63.2 Å². The second kappa shape index (κ2) is 10.0. The van der Waals surface area contributed by atoms with Crippen LogP contribution >= 0.6 is 22.3 Å². The van der Waals surface area contributed by atoms with Crippen LogP contribution < -0.4 is 5.32 Å². The summed E-state index contributed by atoms with van der Waals surface area (Å²) in [4.78, 5) is 10.6. The average Bonchev–Trinajstić information content (AvgIpc) is 2.36. The Morgan fingerprint density at radius 3 is 2.05 bits per heavy atom. The molecule has 0 unspecified atom stereocenters. The van der Waals surface area contributed by atoms with Crippen molar-refractivity contribution in [2.45, 2.75) is 38.0 Å². The molecule has 1 amide bonds. The van der Waals surface area contributed by atoms with Gasteiger partial charge in [0.05, 0.1) is 4.90 Å². The first-order valence-electron chi connectivity index (χ1n) is 6.19. The zero-order valence-electron chi connectivity index (χ0n) is 11.5. The van der Waals surface area contributed by atoms with Crippen molar-refractivity contribution < 1.29 is 13.2 Å². The first kappa shape index (κ1) is 19.2. The van der Waals surface area contributed by atoms with E-state index in [-0.39, 0.29) is 10.8 Å². The lowest BCUT2D eigenvalue weighted by atomic mass is 10.3. The van der Waals surface area contributed by atoms with Crippen LogP contribution in [0.4, 0.5) is 5.69 Å². The summed E-state index contributed by atoms with van der Waals surface area (Å²) in [6, 6.07) is 5.59. The van der Waals surface area contributed by atoms with Crippen molar-refractivity contribution in [3.05, 3.63) is 24.3 Å². The Hall–Kier alpha value is -0.780. The Morgan fingerprint density at radius 1 is 1.20 bits per heavy atom. The molecule has 0 saturated carbocycles. The highest BCUT2D eigenvalue weighted by Crippen LogP contribution is 2.17. The summed E-state index contributed by atoms with van der Waals surface area (Å²) in [5.74, 6) is 0.611. The Morgan fingerprint density at radius 2 is 1.75 bits per heavy atom. The second-order valence-electron chi connectivity index (χ2n) is 4.04. The largest absolute Gasteiger partial charge is 0.326 e.